The molecule has 0 aliphatic carbocycles. The largest absolute Gasteiger partial charge is 0.449 e. The van der Waals surface area contributed by atoms with E-state index in [1.807, 2.05) is 65.0 Å². The number of Topliss-reactive ketones (excluding diaryl/α,β-unsaturated/α-hetero) is 1. The third kappa shape index (κ3) is 12.1. The minimum Gasteiger partial charge on any atom is -0.449 e. The molecule has 0 bridgehead atoms. The molecule has 14 nitrogen and oxygen atoms in total. The highest BCUT2D eigenvalue weighted by molar-refractivity contribution is 6.38. The van der Waals surface area contributed by atoms with Crippen molar-refractivity contribution in [2.75, 3.05) is 33.8 Å². The summed E-state index contributed by atoms with van der Waals surface area (Å²) < 4.78 is 5.35. The molecule has 0 radical (unpaired) electrons. The lowest BCUT2D eigenvalue weighted by atomic mass is 9.90. The molecule has 14 heteroatoms. The molecule has 2 aromatic carbocycles. The molecular formula is C40H56N6O8. The normalized spacial score (nSPS) is 17.0. The number of likely N-dealkylation sites (tertiary alicyclic amines) is 1. The lowest BCUT2D eigenvalue weighted by Crippen LogP contribution is -2.57. The van der Waals surface area contributed by atoms with Gasteiger partial charge >= 0.3 is 6.09 Å². The SMILES string of the molecule is CCCC(NC(=O)[C@@H]1CC(C)(C)CN1C(=O)C(NC(=O)OCC(C)C)[C@H](C)c1ccccc1)C(=O)C(=O)NCC(=O)N[C@H](C(=O)N(C)C)c1ccccc1. The van der Waals surface area contributed by atoms with Gasteiger partial charge in [-0.1, -0.05) is 109 Å². The number of carbonyl (C=O) groups is 7. The second kappa shape index (κ2) is 19.7. The number of nitrogens with one attached hydrogen (secondary N) is 4. The van der Waals surface area contributed by atoms with Crippen molar-refractivity contribution >= 4 is 41.4 Å². The first-order chi connectivity index (χ1) is 25.4. The van der Waals surface area contributed by atoms with E-state index in [4.69, 9.17) is 4.74 Å². The predicted octanol–water partition coefficient (Wildman–Crippen LogP) is 3.08. The number of carbonyl (C=O) groups excluding carboxylic acids is 7. The van der Waals surface area contributed by atoms with Crippen LogP contribution in [0.2, 0.25) is 0 Å². The molecule has 4 N–H and O–H groups in total. The third-order valence-electron chi connectivity index (χ3n) is 9.19. The molecule has 1 heterocycles. The van der Waals surface area contributed by atoms with Crippen LogP contribution in [0, 0.1) is 11.3 Å². The topological polar surface area (TPSA) is 183 Å². The van der Waals surface area contributed by atoms with Crippen molar-refractivity contribution < 1.29 is 38.3 Å². The highest BCUT2D eigenvalue weighted by atomic mass is 16.5. The second-order valence-electron chi connectivity index (χ2n) is 15.2. The summed E-state index contributed by atoms with van der Waals surface area (Å²) in [6.07, 6.45) is 0.0758. The van der Waals surface area contributed by atoms with Gasteiger partial charge in [0.25, 0.3) is 5.91 Å². The first kappa shape index (κ1) is 43.1. The average Bonchev–Trinajstić information content (AvgIpc) is 3.48. The van der Waals surface area contributed by atoms with E-state index in [1.165, 1.54) is 9.80 Å². The standard InChI is InChI=1S/C40H56N6O8/c1-9-16-29(34(48)36(50)41-22-31(47)43-33(37(51)45(7)8)28-19-14-11-15-20-28)42-35(49)30-21-40(5,6)24-46(30)38(52)32(44-39(53)54-23-25(2)3)26(4)27-17-12-10-13-18-27/h10-15,17-20,25-26,29-30,32-33H,9,16,21-24H2,1-8H3,(H,41,50)(H,42,49)(H,43,47)(H,44,53)/t26-,29?,30+,32?,33+/m1/s1. The smallest absolute Gasteiger partial charge is 0.407 e. The molecule has 1 fully saturated rings. The molecule has 5 atom stereocenters. The Hall–Kier alpha value is -5.27. The maximum Gasteiger partial charge on any atom is 0.407 e. The second-order valence-corrected chi connectivity index (χ2v) is 15.2. The number of amides is 6. The van der Waals surface area contributed by atoms with Crippen LogP contribution in [0.15, 0.2) is 60.7 Å². The van der Waals surface area contributed by atoms with E-state index in [0.29, 0.717) is 12.0 Å². The van der Waals surface area contributed by atoms with Crippen molar-refractivity contribution in [2.45, 2.75) is 90.9 Å². The Labute approximate surface area is 318 Å². The number of likely N-dealkylation sites (N-methyl/N-ethyl adjacent to an activating group) is 1. The van der Waals surface area contributed by atoms with Crippen LogP contribution in [0.4, 0.5) is 4.79 Å². The maximum absolute atomic E-state index is 14.4. The first-order valence-corrected chi connectivity index (χ1v) is 18.4. The van der Waals surface area contributed by atoms with Crippen molar-refractivity contribution in [3.63, 3.8) is 0 Å². The molecule has 294 valence electrons. The van der Waals surface area contributed by atoms with Crippen LogP contribution in [0.3, 0.4) is 0 Å². The number of hydrogen-bond acceptors (Lipinski definition) is 8. The number of alkyl carbamates (subject to hydrolysis) is 1. The molecule has 1 aliphatic rings. The molecule has 0 saturated carbocycles. The van der Waals surface area contributed by atoms with Gasteiger partial charge in [-0.15, -0.1) is 0 Å². The number of hydrogen-bond donors (Lipinski definition) is 4. The van der Waals surface area contributed by atoms with E-state index < -0.39 is 77.6 Å². The van der Waals surface area contributed by atoms with E-state index in [-0.39, 0.29) is 37.8 Å². The Kier molecular flexibility index (Phi) is 15.7. The van der Waals surface area contributed by atoms with E-state index in [2.05, 4.69) is 21.3 Å². The Bertz CT molecular complexity index is 1630. The van der Waals surface area contributed by atoms with Gasteiger partial charge in [-0.3, -0.25) is 28.8 Å². The summed E-state index contributed by atoms with van der Waals surface area (Å²) in [4.78, 5) is 96.1. The van der Waals surface area contributed by atoms with Crippen LogP contribution >= 0.6 is 0 Å². The summed E-state index contributed by atoms with van der Waals surface area (Å²) >= 11 is 0. The molecule has 3 rings (SSSR count). The van der Waals surface area contributed by atoms with Crippen molar-refractivity contribution in [2.24, 2.45) is 11.3 Å². The summed E-state index contributed by atoms with van der Waals surface area (Å²) in [6, 6.07) is 13.5. The van der Waals surface area contributed by atoms with E-state index >= 15 is 0 Å². The molecule has 0 spiro atoms. The fourth-order valence-electron chi connectivity index (χ4n) is 6.31. The fraction of sp³-hybridized carbons (Fsp3) is 0.525. The Balaban J connectivity index is 1.75. The van der Waals surface area contributed by atoms with E-state index in [0.717, 1.165) is 5.56 Å². The quantitative estimate of drug-likeness (QED) is 0.178. The van der Waals surface area contributed by atoms with Crippen molar-refractivity contribution in [1.82, 2.24) is 31.1 Å². The fourth-order valence-corrected chi connectivity index (χ4v) is 6.31. The van der Waals surface area contributed by atoms with Crippen LogP contribution in [0.25, 0.3) is 0 Å². The van der Waals surface area contributed by atoms with Crippen molar-refractivity contribution in [3.05, 3.63) is 71.8 Å². The Morgan fingerprint density at radius 3 is 2.02 bits per heavy atom. The average molecular weight is 749 g/mol. The number of ketones is 1. The van der Waals surface area contributed by atoms with Crippen molar-refractivity contribution in [1.29, 1.82) is 0 Å². The van der Waals surface area contributed by atoms with Crippen LogP contribution in [0.1, 0.15) is 83.9 Å². The van der Waals surface area contributed by atoms with Gasteiger partial charge in [0, 0.05) is 26.6 Å². The van der Waals surface area contributed by atoms with Crippen LogP contribution < -0.4 is 21.3 Å². The zero-order chi connectivity index (χ0) is 40.2. The van der Waals surface area contributed by atoms with Crippen LogP contribution in [0.5, 0.6) is 0 Å². The minimum atomic E-state index is -1.23. The number of rotatable bonds is 17. The Morgan fingerprint density at radius 2 is 1.46 bits per heavy atom. The highest BCUT2D eigenvalue weighted by Crippen LogP contribution is 2.36. The van der Waals surface area contributed by atoms with Crippen molar-refractivity contribution in [3.8, 4) is 0 Å². The lowest BCUT2D eigenvalue weighted by molar-refractivity contribution is -0.143. The van der Waals surface area contributed by atoms with Gasteiger partial charge in [0.15, 0.2) is 0 Å². The van der Waals surface area contributed by atoms with Crippen LogP contribution in [-0.4, -0.2) is 103 Å². The molecule has 6 amide bonds. The minimum absolute atomic E-state index is 0.0765. The van der Waals surface area contributed by atoms with Gasteiger partial charge in [0.2, 0.25) is 29.4 Å². The van der Waals surface area contributed by atoms with E-state index in [9.17, 15) is 33.6 Å². The summed E-state index contributed by atoms with van der Waals surface area (Å²) in [5, 5.41) is 10.4. The lowest BCUT2D eigenvalue weighted by Gasteiger charge is -2.32. The molecule has 1 saturated heterocycles. The molecule has 2 aromatic rings. The molecule has 1 aliphatic heterocycles. The summed E-state index contributed by atoms with van der Waals surface area (Å²) in [6.45, 7) is 11.0. The number of ether oxygens (including phenoxy) is 1. The van der Waals surface area contributed by atoms with Gasteiger partial charge < -0.3 is 35.8 Å². The molecular weight excluding hydrogens is 692 g/mol. The number of benzene rings is 2. The summed E-state index contributed by atoms with van der Waals surface area (Å²) in [5.41, 5.74) is 0.854. The summed E-state index contributed by atoms with van der Waals surface area (Å²) in [5.74, 6) is -4.63. The first-order valence-electron chi connectivity index (χ1n) is 18.4. The van der Waals surface area contributed by atoms with Gasteiger partial charge in [-0.05, 0) is 35.3 Å². The molecule has 54 heavy (non-hydrogen) atoms. The maximum atomic E-state index is 14.4. The number of nitrogens with zero attached hydrogens (tertiary/aromatic N) is 2. The Morgan fingerprint density at radius 1 is 0.870 bits per heavy atom. The zero-order valence-corrected chi connectivity index (χ0v) is 32.6. The van der Waals surface area contributed by atoms with Gasteiger partial charge in [0.05, 0.1) is 19.2 Å². The summed E-state index contributed by atoms with van der Waals surface area (Å²) in [7, 11) is 3.11. The zero-order valence-electron chi connectivity index (χ0n) is 32.6. The van der Waals surface area contributed by atoms with Gasteiger partial charge in [-0.25, -0.2) is 4.79 Å². The highest BCUT2D eigenvalue weighted by Gasteiger charge is 2.47. The predicted molar refractivity (Wildman–Crippen MR) is 203 cm³/mol. The van der Waals surface area contributed by atoms with E-state index in [1.54, 1.807) is 51.4 Å². The monoisotopic (exact) mass is 748 g/mol. The molecule has 0 aromatic heterocycles. The van der Waals surface area contributed by atoms with Gasteiger partial charge in [0.1, 0.15) is 18.1 Å². The molecule has 2 unspecified atom stereocenters. The third-order valence-corrected chi connectivity index (χ3v) is 9.19. The van der Waals surface area contributed by atoms with Gasteiger partial charge in [-0.2, -0.15) is 0 Å². The van der Waals surface area contributed by atoms with Crippen LogP contribution in [-0.2, 0) is 33.5 Å².